The van der Waals surface area contributed by atoms with Crippen molar-refractivity contribution in [2.24, 2.45) is 0 Å². The van der Waals surface area contributed by atoms with E-state index in [1.165, 1.54) is 0 Å². The highest BCUT2D eigenvalue weighted by Gasteiger charge is 2.06. The number of aryl methyl sites for hydroxylation is 1. The van der Waals surface area contributed by atoms with Crippen LogP contribution >= 0.6 is 22.7 Å². The molecular weight excluding hydrogens is 364 g/mol. The number of rotatable bonds is 7. The zero-order valence-electron chi connectivity index (χ0n) is 14.7. The molecule has 0 radical (unpaired) electrons. The average molecular weight is 385 g/mol. The van der Waals surface area contributed by atoms with Crippen LogP contribution in [0.25, 0.3) is 16.6 Å². The minimum absolute atomic E-state index is 0.113. The predicted molar refractivity (Wildman–Crippen MR) is 109 cm³/mol. The van der Waals surface area contributed by atoms with Gasteiger partial charge in [0, 0.05) is 16.3 Å². The maximum Gasteiger partial charge on any atom is 0.244 e. The maximum absolute atomic E-state index is 12.0. The van der Waals surface area contributed by atoms with Gasteiger partial charge in [-0.05, 0) is 49.8 Å². The monoisotopic (exact) mass is 384 g/mol. The molecule has 0 aliphatic carbocycles. The molecule has 3 aromatic rings. The van der Waals surface area contributed by atoms with Gasteiger partial charge in [0.2, 0.25) is 5.91 Å². The molecular formula is C20H20N2O2S2. The highest BCUT2D eigenvalue weighted by molar-refractivity contribution is 7.16. The van der Waals surface area contributed by atoms with Crippen molar-refractivity contribution >= 4 is 34.7 Å². The van der Waals surface area contributed by atoms with Crippen molar-refractivity contribution < 1.29 is 9.53 Å². The van der Waals surface area contributed by atoms with E-state index in [1.807, 2.05) is 44.2 Å². The van der Waals surface area contributed by atoms with Gasteiger partial charge >= 0.3 is 0 Å². The Hall–Kier alpha value is -2.44. The molecule has 3 rings (SSSR count). The van der Waals surface area contributed by atoms with Crippen LogP contribution < -0.4 is 10.1 Å². The number of ether oxygens (including phenoxy) is 1. The van der Waals surface area contributed by atoms with Gasteiger partial charge in [0.25, 0.3) is 0 Å². The lowest BCUT2D eigenvalue weighted by molar-refractivity contribution is -0.116. The molecule has 0 atom stereocenters. The summed E-state index contributed by atoms with van der Waals surface area (Å²) in [5.41, 5.74) is 1.96. The Labute approximate surface area is 161 Å². The smallest absolute Gasteiger partial charge is 0.244 e. The lowest BCUT2D eigenvalue weighted by Gasteiger charge is -2.02. The summed E-state index contributed by atoms with van der Waals surface area (Å²) in [5, 5.41) is 6.03. The van der Waals surface area contributed by atoms with Crippen molar-refractivity contribution in [3.8, 4) is 16.3 Å². The second-order valence-electron chi connectivity index (χ2n) is 5.57. The number of hydrogen-bond acceptors (Lipinski definition) is 5. The molecule has 2 aromatic heterocycles. The number of thiophene rings is 1. The molecule has 1 amide bonds. The minimum atomic E-state index is -0.113. The SMILES string of the molecule is CCOc1ccc(/C=C/C(=O)NCc2ccc(-c3csc(C)n3)s2)cc1. The topological polar surface area (TPSA) is 51.2 Å². The summed E-state index contributed by atoms with van der Waals surface area (Å²) in [6.07, 6.45) is 3.34. The van der Waals surface area contributed by atoms with Crippen LogP contribution in [0, 0.1) is 6.92 Å². The number of thiazole rings is 1. The van der Waals surface area contributed by atoms with Crippen molar-refractivity contribution in [1.29, 1.82) is 0 Å². The van der Waals surface area contributed by atoms with Crippen LogP contribution in [-0.4, -0.2) is 17.5 Å². The highest BCUT2D eigenvalue weighted by atomic mass is 32.1. The first-order valence-corrected chi connectivity index (χ1v) is 10.0. The molecule has 26 heavy (non-hydrogen) atoms. The largest absolute Gasteiger partial charge is 0.494 e. The van der Waals surface area contributed by atoms with Crippen molar-refractivity contribution in [3.05, 3.63) is 63.3 Å². The van der Waals surface area contributed by atoms with Crippen LogP contribution in [0.5, 0.6) is 5.75 Å². The van der Waals surface area contributed by atoms with Crippen LogP contribution in [0.15, 0.2) is 47.9 Å². The Kier molecular flexibility index (Phi) is 6.20. The van der Waals surface area contributed by atoms with E-state index in [0.717, 1.165) is 31.8 Å². The third-order valence-corrected chi connectivity index (χ3v) is 5.47. The molecule has 0 aliphatic rings. The Morgan fingerprint density at radius 2 is 2.04 bits per heavy atom. The molecule has 4 nitrogen and oxygen atoms in total. The van der Waals surface area contributed by atoms with Crippen molar-refractivity contribution in [2.45, 2.75) is 20.4 Å². The molecule has 0 spiro atoms. The van der Waals surface area contributed by atoms with E-state index in [1.54, 1.807) is 34.8 Å². The molecule has 0 fully saturated rings. The number of aromatic nitrogens is 1. The molecule has 134 valence electrons. The molecule has 0 saturated heterocycles. The van der Waals surface area contributed by atoms with Gasteiger partial charge in [-0.1, -0.05) is 12.1 Å². The Balaban J connectivity index is 1.51. The Morgan fingerprint density at radius 1 is 1.23 bits per heavy atom. The first kappa shape index (κ1) is 18.4. The second kappa shape index (κ2) is 8.78. The third-order valence-electron chi connectivity index (χ3n) is 3.59. The number of hydrogen-bond donors (Lipinski definition) is 1. The van der Waals surface area contributed by atoms with Crippen LogP contribution in [-0.2, 0) is 11.3 Å². The summed E-state index contributed by atoms with van der Waals surface area (Å²) in [7, 11) is 0. The van der Waals surface area contributed by atoms with Crippen LogP contribution in [0.1, 0.15) is 22.4 Å². The number of carbonyl (C=O) groups is 1. The highest BCUT2D eigenvalue weighted by Crippen LogP contribution is 2.28. The molecule has 1 N–H and O–H groups in total. The standard InChI is InChI=1S/C20H20N2O2S2/c1-3-24-16-7-4-15(5-8-16)6-11-20(23)21-12-17-9-10-19(26-17)18-13-25-14(2)22-18/h4-11,13H,3,12H2,1-2H3,(H,21,23)/b11-6+. The maximum atomic E-state index is 12.0. The molecule has 2 heterocycles. The Morgan fingerprint density at radius 3 is 2.73 bits per heavy atom. The van der Waals surface area contributed by atoms with Gasteiger partial charge < -0.3 is 10.1 Å². The van der Waals surface area contributed by atoms with E-state index >= 15 is 0 Å². The van der Waals surface area contributed by atoms with Gasteiger partial charge in [-0.15, -0.1) is 22.7 Å². The summed E-state index contributed by atoms with van der Waals surface area (Å²) in [4.78, 5) is 18.7. The number of carbonyl (C=O) groups excluding carboxylic acids is 1. The van der Waals surface area contributed by atoms with Gasteiger partial charge in [-0.3, -0.25) is 4.79 Å². The first-order valence-electron chi connectivity index (χ1n) is 8.34. The quantitative estimate of drug-likeness (QED) is 0.589. The van der Waals surface area contributed by atoms with E-state index in [9.17, 15) is 4.79 Å². The predicted octanol–water partition coefficient (Wildman–Crippen LogP) is 4.91. The van der Waals surface area contributed by atoms with Crippen LogP contribution in [0.3, 0.4) is 0 Å². The van der Waals surface area contributed by atoms with Crippen LogP contribution in [0.2, 0.25) is 0 Å². The van der Waals surface area contributed by atoms with Crippen molar-refractivity contribution in [1.82, 2.24) is 10.3 Å². The van der Waals surface area contributed by atoms with Gasteiger partial charge in [0.1, 0.15) is 5.75 Å². The van der Waals surface area contributed by atoms with Crippen molar-refractivity contribution in [2.75, 3.05) is 6.61 Å². The fraction of sp³-hybridized carbons (Fsp3) is 0.200. The number of benzene rings is 1. The van der Waals surface area contributed by atoms with E-state index in [4.69, 9.17) is 4.74 Å². The number of amides is 1. The molecule has 0 aliphatic heterocycles. The van der Waals surface area contributed by atoms with Crippen LogP contribution in [0.4, 0.5) is 0 Å². The van der Waals surface area contributed by atoms with Gasteiger partial charge in [0.15, 0.2) is 0 Å². The molecule has 6 heteroatoms. The molecule has 1 aromatic carbocycles. The van der Waals surface area contributed by atoms with Crippen molar-refractivity contribution in [3.63, 3.8) is 0 Å². The van der Waals surface area contributed by atoms with E-state index < -0.39 is 0 Å². The summed E-state index contributed by atoms with van der Waals surface area (Å²) >= 11 is 3.30. The zero-order valence-corrected chi connectivity index (χ0v) is 16.3. The van der Waals surface area contributed by atoms with Gasteiger partial charge in [-0.2, -0.15) is 0 Å². The van der Waals surface area contributed by atoms with Gasteiger partial charge in [0.05, 0.1) is 28.7 Å². The third kappa shape index (κ3) is 5.03. The normalized spacial score (nSPS) is 11.0. The number of nitrogens with one attached hydrogen (secondary N) is 1. The minimum Gasteiger partial charge on any atom is -0.494 e. The number of nitrogens with zero attached hydrogens (tertiary/aromatic N) is 1. The summed E-state index contributed by atoms with van der Waals surface area (Å²) in [6.45, 7) is 5.11. The summed E-state index contributed by atoms with van der Waals surface area (Å²) in [6, 6.07) is 11.7. The van der Waals surface area contributed by atoms with Gasteiger partial charge in [-0.25, -0.2) is 4.98 Å². The average Bonchev–Trinajstić information content (AvgIpc) is 3.28. The fourth-order valence-corrected chi connectivity index (χ4v) is 3.93. The second-order valence-corrected chi connectivity index (χ2v) is 7.80. The van der Waals surface area contributed by atoms with E-state index in [0.29, 0.717) is 13.2 Å². The van der Waals surface area contributed by atoms with E-state index in [2.05, 4.69) is 21.7 Å². The lowest BCUT2D eigenvalue weighted by Crippen LogP contribution is -2.19. The Bertz CT molecular complexity index is 895. The summed E-state index contributed by atoms with van der Waals surface area (Å²) in [5.74, 6) is 0.719. The lowest BCUT2D eigenvalue weighted by atomic mass is 10.2. The molecule has 0 unspecified atom stereocenters. The fourth-order valence-electron chi connectivity index (χ4n) is 2.33. The first-order chi connectivity index (χ1) is 12.6. The molecule has 0 saturated carbocycles. The zero-order chi connectivity index (χ0) is 18.4. The summed E-state index contributed by atoms with van der Waals surface area (Å²) < 4.78 is 5.40. The van der Waals surface area contributed by atoms with E-state index in [-0.39, 0.29) is 5.91 Å². The molecule has 0 bridgehead atoms.